The topological polar surface area (TPSA) is 95.9 Å². The highest BCUT2D eigenvalue weighted by atomic mass is 32.2. The Bertz CT molecular complexity index is 944. The zero-order chi connectivity index (χ0) is 19.4. The van der Waals surface area contributed by atoms with Crippen molar-refractivity contribution >= 4 is 17.7 Å². The third-order valence-electron chi connectivity index (χ3n) is 3.34. The van der Waals surface area contributed by atoms with Crippen molar-refractivity contribution in [2.45, 2.75) is 17.3 Å². The molecule has 0 aliphatic heterocycles. The van der Waals surface area contributed by atoms with Gasteiger partial charge in [-0.3, -0.25) is 4.79 Å². The molecule has 0 radical (unpaired) electrons. The van der Waals surface area contributed by atoms with Crippen molar-refractivity contribution in [3.63, 3.8) is 0 Å². The number of aromatic nitrogens is 4. The van der Waals surface area contributed by atoms with Crippen LogP contribution in [0.5, 0.6) is 5.75 Å². The third kappa shape index (κ3) is 4.97. The Morgan fingerprint density at radius 3 is 2.59 bits per heavy atom. The molecule has 0 saturated heterocycles. The number of nitrogens with two attached hydrogens (primary N) is 1. The minimum atomic E-state index is -4.75. The number of hydrogen-bond donors (Lipinski definition) is 1. The maximum absolute atomic E-state index is 12.2. The zero-order valence-corrected chi connectivity index (χ0v) is 14.4. The van der Waals surface area contributed by atoms with Crippen LogP contribution >= 0.6 is 11.8 Å². The Kier molecular flexibility index (Phi) is 5.31. The van der Waals surface area contributed by atoms with Gasteiger partial charge in [0.05, 0.1) is 5.69 Å². The van der Waals surface area contributed by atoms with E-state index in [4.69, 9.17) is 5.73 Å². The summed E-state index contributed by atoms with van der Waals surface area (Å²) in [7, 11) is 0. The Labute approximate surface area is 155 Å². The number of ether oxygens (including phenoxy) is 1. The Morgan fingerprint density at radius 1 is 1.19 bits per heavy atom. The molecule has 1 aromatic heterocycles. The highest BCUT2D eigenvalue weighted by Crippen LogP contribution is 2.26. The summed E-state index contributed by atoms with van der Waals surface area (Å²) in [5.74, 6) is -0.388. The van der Waals surface area contributed by atoms with Crippen LogP contribution in [-0.4, -0.2) is 32.5 Å². The van der Waals surface area contributed by atoms with Crippen molar-refractivity contribution in [3.05, 3.63) is 59.7 Å². The summed E-state index contributed by atoms with van der Waals surface area (Å²) < 4.78 is 41.9. The van der Waals surface area contributed by atoms with Crippen molar-refractivity contribution in [2.75, 3.05) is 0 Å². The number of tetrazole rings is 1. The van der Waals surface area contributed by atoms with Crippen LogP contribution in [0.25, 0.3) is 5.69 Å². The van der Waals surface area contributed by atoms with Gasteiger partial charge in [-0.1, -0.05) is 23.9 Å². The maximum Gasteiger partial charge on any atom is 0.573 e. The molecule has 0 fully saturated rings. The van der Waals surface area contributed by atoms with Gasteiger partial charge in [-0.25, -0.2) is 0 Å². The zero-order valence-electron chi connectivity index (χ0n) is 13.6. The molecule has 11 heteroatoms. The largest absolute Gasteiger partial charge is 0.573 e. The number of rotatable bonds is 6. The second kappa shape index (κ2) is 7.66. The van der Waals surface area contributed by atoms with Crippen LogP contribution in [0.15, 0.2) is 53.7 Å². The van der Waals surface area contributed by atoms with E-state index >= 15 is 0 Å². The van der Waals surface area contributed by atoms with Crippen molar-refractivity contribution in [2.24, 2.45) is 5.73 Å². The van der Waals surface area contributed by atoms with Crippen LogP contribution in [0.4, 0.5) is 13.2 Å². The monoisotopic (exact) mass is 395 g/mol. The maximum atomic E-state index is 12.2. The molecule has 0 spiro atoms. The minimum Gasteiger partial charge on any atom is -0.406 e. The lowest BCUT2D eigenvalue weighted by atomic mass is 10.1. The average molecular weight is 395 g/mol. The second-order valence-corrected chi connectivity index (χ2v) is 6.21. The molecular formula is C16H12F3N5O2S. The molecule has 7 nitrogen and oxygen atoms in total. The smallest absolute Gasteiger partial charge is 0.406 e. The molecule has 0 atom stereocenters. The number of nitrogens with zero attached hydrogens (tertiary/aromatic N) is 4. The number of primary amides is 1. The molecule has 3 aromatic rings. The average Bonchev–Trinajstić information content (AvgIpc) is 3.08. The lowest BCUT2D eigenvalue weighted by Gasteiger charge is -2.09. The van der Waals surface area contributed by atoms with Gasteiger partial charge in [0.25, 0.3) is 0 Å². The molecule has 0 bridgehead atoms. The fourth-order valence-electron chi connectivity index (χ4n) is 2.18. The van der Waals surface area contributed by atoms with Gasteiger partial charge in [-0.15, -0.1) is 18.3 Å². The molecule has 1 amide bonds. The van der Waals surface area contributed by atoms with E-state index in [1.165, 1.54) is 40.7 Å². The molecule has 140 valence electrons. The Hall–Kier alpha value is -3.08. The van der Waals surface area contributed by atoms with Crippen LogP contribution in [0.3, 0.4) is 0 Å². The van der Waals surface area contributed by atoms with Gasteiger partial charge in [0.2, 0.25) is 11.1 Å². The lowest BCUT2D eigenvalue weighted by Crippen LogP contribution is -2.17. The normalized spacial score (nSPS) is 11.4. The van der Waals surface area contributed by atoms with E-state index in [0.29, 0.717) is 22.2 Å². The molecule has 0 unspecified atom stereocenters. The molecule has 0 aliphatic rings. The van der Waals surface area contributed by atoms with Gasteiger partial charge in [-0.05, 0) is 52.4 Å². The summed E-state index contributed by atoms with van der Waals surface area (Å²) in [5, 5.41) is 11.8. The standard InChI is InChI=1S/C16H12F3N5O2S/c17-16(18,19)26-13-6-4-12(5-7-13)24-15(21-22-23-24)27-9-10-2-1-3-11(8-10)14(20)25/h1-8H,9H2,(H2,20,25). The van der Waals surface area contributed by atoms with Crippen LogP contribution in [0.2, 0.25) is 0 Å². The molecule has 3 rings (SSSR count). The van der Waals surface area contributed by atoms with Crippen molar-refractivity contribution < 1.29 is 22.7 Å². The van der Waals surface area contributed by atoms with Gasteiger partial charge in [0.1, 0.15) is 5.75 Å². The summed E-state index contributed by atoms with van der Waals surface area (Å²) in [5.41, 5.74) is 6.98. The molecule has 0 aliphatic carbocycles. The first-order valence-electron chi connectivity index (χ1n) is 7.48. The lowest BCUT2D eigenvalue weighted by molar-refractivity contribution is -0.274. The van der Waals surface area contributed by atoms with E-state index in [1.54, 1.807) is 18.2 Å². The molecule has 2 N–H and O–H groups in total. The first-order chi connectivity index (χ1) is 12.8. The van der Waals surface area contributed by atoms with Crippen LogP contribution < -0.4 is 10.5 Å². The molecule has 27 heavy (non-hydrogen) atoms. The highest BCUT2D eigenvalue weighted by molar-refractivity contribution is 7.98. The molecule has 2 aromatic carbocycles. The van der Waals surface area contributed by atoms with Crippen molar-refractivity contribution in [1.82, 2.24) is 20.2 Å². The Balaban J connectivity index is 1.72. The van der Waals surface area contributed by atoms with Crippen LogP contribution in [0, 0.1) is 0 Å². The highest BCUT2D eigenvalue weighted by Gasteiger charge is 2.31. The molecular weight excluding hydrogens is 383 g/mol. The van der Waals surface area contributed by atoms with E-state index in [9.17, 15) is 18.0 Å². The third-order valence-corrected chi connectivity index (χ3v) is 4.33. The van der Waals surface area contributed by atoms with Crippen LogP contribution in [0.1, 0.15) is 15.9 Å². The molecule has 1 heterocycles. The number of carbonyl (C=O) groups excluding carboxylic acids is 1. The number of alkyl halides is 3. The van der Waals surface area contributed by atoms with E-state index in [1.807, 2.05) is 6.07 Å². The predicted molar refractivity (Wildman–Crippen MR) is 90.4 cm³/mol. The summed E-state index contributed by atoms with van der Waals surface area (Å²) >= 11 is 1.30. The number of halogens is 3. The summed E-state index contributed by atoms with van der Waals surface area (Å²) in [4.78, 5) is 11.2. The second-order valence-electron chi connectivity index (χ2n) is 5.27. The fraction of sp³-hybridized carbons (Fsp3) is 0.125. The van der Waals surface area contributed by atoms with Crippen molar-refractivity contribution in [3.8, 4) is 11.4 Å². The van der Waals surface area contributed by atoms with E-state index in [2.05, 4.69) is 20.3 Å². The van der Waals surface area contributed by atoms with Crippen LogP contribution in [-0.2, 0) is 5.75 Å². The minimum absolute atomic E-state index is 0.336. The number of carbonyl (C=O) groups is 1. The summed E-state index contributed by atoms with van der Waals surface area (Å²) in [6, 6.07) is 12.0. The number of benzene rings is 2. The van der Waals surface area contributed by atoms with Gasteiger partial charge < -0.3 is 10.5 Å². The van der Waals surface area contributed by atoms with E-state index < -0.39 is 12.3 Å². The summed E-state index contributed by atoms with van der Waals surface area (Å²) in [6.07, 6.45) is -4.75. The fourth-order valence-corrected chi connectivity index (χ4v) is 3.02. The quantitative estimate of drug-likeness (QED) is 0.645. The van der Waals surface area contributed by atoms with Gasteiger partial charge in [0, 0.05) is 11.3 Å². The number of hydrogen-bond acceptors (Lipinski definition) is 6. The van der Waals surface area contributed by atoms with Crippen molar-refractivity contribution in [1.29, 1.82) is 0 Å². The Morgan fingerprint density at radius 2 is 1.93 bits per heavy atom. The number of thioether (sulfide) groups is 1. The van der Waals surface area contributed by atoms with Gasteiger partial charge in [0.15, 0.2) is 0 Å². The van der Waals surface area contributed by atoms with Gasteiger partial charge in [-0.2, -0.15) is 4.68 Å². The first-order valence-corrected chi connectivity index (χ1v) is 8.46. The first kappa shape index (κ1) is 18.7. The summed E-state index contributed by atoms with van der Waals surface area (Å²) in [6.45, 7) is 0. The van der Waals surface area contributed by atoms with Gasteiger partial charge >= 0.3 is 6.36 Å². The predicted octanol–water partition coefficient (Wildman–Crippen LogP) is 2.95. The molecule has 0 saturated carbocycles. The SMILES string of the molecule is NC(=O)c1cccc(CSc2nnnn2-c2ccc(OC(F)(F)F)cc2)c1. The van der Waals surface area contributed by atoms with E-state index in [0.717, 1.165) is 5.56 Å². The van der Waals surface area contributed by atoms with E-state index in [-0.39, 0.29) is 5.75 Å². The number of amides is 1.